The van der Waals surface area contributed by atoms with Gasteiger partial charge >= 0.3 is 0 Å². The van der Waals surface area contributed by atoms with Gasteiger partial charge in [-0.15, -0.1) is 0 Å². The van der Waals surface area contributed by atoms with Crippen molar-refractivity contribution in [3.8, 4) is 5.75 Å². The summed E-state index contributed by atoms with van der Waals surface area (Å²) in [6, 6.07) is 21.7. The molecule has 0 atom stereocenters. The average molecular weight is 467 g/mol. The smallest absolute Gasteiger partial charge is 0.260 e. The Kier molecular flexibility index (Phi) is 7.25. The summed E-state index contributed by atoms with van der Waals surface area (Å²) < 4.78 is 6.35. The van der Waals surface area contributed by atoms with Crippen LogP contribution in [0.1, 0.15) is 34.6 Å². The van der Waals surface area contributed by atoms with Crippen LogP contribution in [0.3, 0.4) is 0 Å². The number of benzene rings is 3. The van der Waals surface area contributed by atoms with Crippen LogP contribution in [0.5, 0.6) is 5.75 Å². The highest BCUT2D eigenvalue weighted by Crippen LogP contribution is 2.26. The quantitative estimate of drug-likeness (QED) is 0.480. The summed E-state index contributed by atoms with van der Waals surface area (Å²) in [7, 11) is 0. The molecule has 0 aliphatic carbocycles. The summed E-state index contributed by atoms with van der Waals surface area (Å²) in [5, 5.41) is 2.88. The zero-order valence-corrected chi connectivity index (χ0v) is 18.5. The highest BCUT2D eigenvalue weighted by atomic mass is 79.9. The molecule has 2 amide bonds. The van der Waals surface area contributed by atoms with Gasteiger partial charge in [0.2, 0.25) is 0 Å². The summed E-state index contributed by atoms with van der Waals surface area (Å²) in [5.41, 5.74) is 2.06. The van der Waals surface area contributed by atoms with Gasteiger partial charge in [0.05, 0.1) is 23.4 Å². The van der Waals surface area contributed by atoms with Gasteiger partial charge < -0.3 is 15.0 Å². The third-order valence-electron chi connectivity index (χ3n) is 4.52. The molecule has 3 aromatic rings. The maximum Gasteiger partial charge on any atom is 0.260 e. The van der Waals surface area contributed by atoms with Gasteiger partial charge in [0.25, 0.3) is 11.8 Å². The van der Waals surface area contributed by atoms with Crippen LogP contribution in [0, 0.1) is 0 Å². The van der Waals surface area contributed by atoms with Crippen molar-refractivity contribution < 1.29 is 14.3 Å². The van der Waals surface area contributed by atoms with E-state index in [2.05, 4.69) is 21.2 Å². The molecule has 1 N–H and O–H groups in total. The molecule has 0 bridgehead atoms. The van der Waals surface area contributed by atoms with Gasteiger partial charge in [0.15, 0.2) is 0 Å². The Labute approximate surface area is 184 Å². The first-order chi connectivity index (χ1) is 14.5. The van der Waals surface area contributed by atoms with Gasteiger partial charge in [-0.3, -0.25) is 9.59 Å². The van der Waals surface area contributed by atoms with Gasteiger partial charge in [-0.25, -0.2) is 0 Å². The molecule has 0 saturated heterocycles. The zero-order valence-electron chi connectivity index (χ0n) is 16.9. The second kappa shape index (κ2) is 10.1. The van der Waals surface area contributed by atoms with Gasteiger partial charge in [0.1, 0.15) is 5.75 Å². The lowest BCUT2D eigenvalue weighted by Gasteiger charge is -2.22. The summed E-state index contributed by atoms with van der Waals surface area (Å²) in [4.78, 5) is 28.0. The van der Waals surface area contributed by atoms with Crippen LogP contribution in [0.25, 0.3) is 0 Å². The van der Waals surface area contributed by atoms with Crippen molar-refractivity contribution in [2.45, 2.75) is 13.8 Å². The van der Waals surface area contributed by atoms with Crippen molar-refractivity contribution >= 4 is 39.1 Å². The lowest BCUT2D eigenvalue weighted by Crippen LogP contribution is -2.31. The van der Waals surface area contributed by atoms with Gasteiger partial charge in [0, 0.05) is 16.7 Å². The predicted molar refractivity (Wildman–Crippen MR) is 123 cm³/mol. The van der Waals surface area contributed by atoms with E-state index in [0.29, 0.717) is 35.7 Å². The van der Waals surface area contributed by atoms with E-state index in [0.717, 1.165) is 10.2 Å². The summed E-state index contributed by atoms with van der Waals surface area (Å²) in [6.45, 7) is 4.73. The molecule has 5 nitrogen and oxygen atoms in total. The highest BCUT2D eigenvalue weighted by molar-refractivity contribution is 9.10. The van der Waals surface area contributed by atoms with E-state index in [-0.39, 0.29) is 11.8 Å². The third kappa shape index (κ3) is 4.89. The minimum atomic E-state index is -0.345. The number of hydrogen-bond acceptors (Lipinski definition) is 3. The molecule has 0 unspecified atom stereocenters. The number of carbonyl (C=O) groups is 2. The van der Waals surface area contributed by atoms with Crippen molar-refractivity contribution in [1.82, 2.24) is 0 Å². The molecule has 0 heterocycles. The second-order valence-electron chi connectivity index (χ2n) is 6.46. The number of nitrogens with one attached hydrogen (secondary N) is 1. The fraction of sp³-hybridized carbons (Fsp3) is 0.167. The molecule has 0 spiro atoms. The number of hydrogen-bond donors (Lipinski definition) is 1. The molecule has 3 aromatic carbocycles. The summed E-state index contributed by atoms with van der Waals surface area (Å²) >= 11 is 3.40. The maximum atomic E-state index is 13.3. The van der Waals surface area contributed by atoms with E-state index in [9.17, 15) is 9.59 Å². The number of nitrogens with zero attached hydrogens (tertiary/aromatic N) is 1. The summed E-state index contributed by atoms with van der Waals surface area (Å²) in [5.74, 6) is -0.0388. The van der Waals surface area contributed by atoms with Crippen LogP contribution in [0.15, 0.2) is 77.3 Å². The van der Waals surface area contributed by atoms with Gasteiger partial charge in [-0.1, -0.05) is 46.3 Å². The topological polar surface area (TPSA) is 58.6 Å². The van der Waals surface area contributed by atoms with Gasteiger partial charge in [-0.05, 0) is 56.3 Å². The first kappa shape index (κ1) is 21.6. The molecule has 3 rings (SSSR count). The third-order valence-corrected chi connectivity index (χ3v) is 5.01. The normalized spacial score (nSPS) is 10.4. The van der Waals surface area contributed by atoms with E-state index in [1.165, 1.54) is 0 Å². The molecule has 0 aliphatic rings. The van der Waals surface area contributed by atoms with E-state index >= 15 is 0 Å². The van der Waals surface area contributed by atoms with Crippen molar-refractivity contribution in [2.75, 3.05) is 23.4 Å². The molecule has 0 fully saturated rings. The number of amides is 2. The monoisotopic (exact) mass is 466 g/mol. The van der Waals surface area contributed by atoms with Crippen LogP contribution < -0.4 is 15.0 Å². The zero-order chi connectivity index (χ0) is 21.5. The summed E-state index contributed by atoms with van der Waals surface area (Å²) in [6.07, 6.45) is 0. The standard InChI is InChI=1S/C24H23BrN2O3/c1-3-27(18-10-6-5-7-11-18)24(29)19-12-8-9-13-21(19)26-23(28)20-16-17(25)14-15-22(20)30-4-2/h5-16H,3-4H2,1-2H3,(H,26,28). The van der Waals surface area contributed by atoms with Crippen LogP contribution in [0.2, 0.25) is 0 Å². The van der Waals surface area contributed by atoms with Crippen molar-refractivity contribution in [3.05, 3.63) is 88.4 Å². The van der Waals surface area contributed by atoms with E-state index in [4.69, 9.17) is 4.74 Å². The van der Waals surface area contributed by atoms with Crippen molar-refractivity contribution in [1.29, 1.82) is 0 Å². The Morgan fingerprint density at radius 3 is 2.33 bits per heavy atom. The molecule has 6 heteroatoms. The molecule has 0 saturated carbocycles. The minimum Gasteiger partial charge on any atom is -0.493 e. The van der Waals surface area contributed by atoms with Crippen molar-refractivity contribution in [2.24, 2.45) is 0 Å². The van der Waals surface area contributed by atoms with Gasteiger partial charge in [-0.2, -0.15) is 0 Å². The van der Waals surface area contributed by atoms with Crippen LogP contribution in [0.4, 0.5) is 11.4 Å². The number of rotatable bonds is 7. The van der Waals surface area contributed by atoms with Crippen LogP contribution >= 0.6 is 15.9 Å². The first-order valence-electron chi connectivity index (χ1n) is 9.74. The minimum absolute atomic E-state index is 0.182. The van der Waals surface area contributed by atoms with Crippen LogP contribution in [-0.2, 0) is 0 Å². The lowest BCUT2D eigenvalue weighted by molar-refractivity contribution is 0.0989. The predicted octanol–water partition coefficient (Wildman–Crippen LogP) is 5.77. The number of halogens is 1. The molecule has 0 aromatic heterocycles. The number of ether oxygens (including phenoxy) is 1. The Balaban J connectivity index is 1.92. The number of carbonyl (C=O) groups excluding carboxylic acids is 2. The van der Waals surface area contributed by atoms with E-state index < -0.39 is 0 Å². The lowest BCUT2D eigenvalue weighted by atomic mass is 10.1. The Hall–Kier alpha value is -3.12. The van der Waals surface area contributed by atoms with Crippen LogP contribution in [-0.4, -0.2) is 25.0 Å². The molecular formula is C24H23BrN2O3. The number of anilines is 2. The SMILES string of the molecule is CCOc1ccc(Br)cc1C(=O)Nc1ccccc1C(=O)N(CC)c1ccccc1. The van der Waals surface area contributed by atoms with E-state index in [1.807, 2.05) is 50.2 Å². The van der Waals surface area contributed by atoms with E-state index in [1.54, 1.807) is 41.3 Å². The fourth-order valence-corrected chi connectivity index (χ4v) is 3.49. The highest BCUT2D eigenvalue weighted by Gasteiger charge is 2.21. The first-order valence-corrected chi connectivity index (χ1v) is 10.5. The Bertz CT molecular complexity index is 1040. The molecule has 154 valence electrons. The maximum absolute atomic E-state index is 13.3. The fourth-order valence-electron chi connectivity index (χ4n) is 3.13. The molecule has 0 aliphatic heterocycles. The molecule has 30 heavy (non-hydrogen) atoms. The average Bonchev–Trinajstić information content (AvgIpc) is 2.76. The second-order valence-corrected chi connectivity index (χ2v) is 7.37. The largest absolute Gasteiger partial charge is 0.493 e. The number of para-hydroxylation sites is 2. The Morgan fingerprint density at radius 1 is 0.933 bits per heavy atom. The van der Waals surface area contributed by atoms with Crippen molar-refractivity contribution in [3.63, 3.8) is 0 Å². The molecular weight excluding hydrogens is 444 g/mol. The Morgan fingerprint density at radius 2 is 1.63 bits per heavy atom. The molecule has 0 radical (unpaired) electrons.